The lowest BCUT2D eigenvalue weighted by Crippen LogP contribution is -2.29. The van der Waals surface area contributed by atoms with Gasteiger partial charge >= 0.3 is 0 Å². The van der Waals surface area contributed by atoms with E-state index in [1.54, 1.807) is 0 Å². The summed E-state index contributed by atoms with van der Waals surface area (Å²) in [5, 5.41) is 6.10. The molecule has 1 aliphatic carbocycles. The highest BCUT2D eigenvalue weighted by molar-refractivity contribution is 5.68. The number of rotatable bonds is 0. The molecule has 2 aliphatic rings. The lowest BCUT2D eigenvalue weighted by atomic mass is 9.96. The van der Waals surface area contributed by atoms with Gasteiger partial charge in [0.25, 0.3) is 0 Å². The van der Waals surface area contributed by atoms with Gasteiger partial charge in [-0.25, -0.2) is 0 Å². The van der Waals surface area contributed by atoms with Crippen molar-refractivity contribution in [1.29, 1.82) is 0 Å². The van der Waals surface area contributed by atoms with E-state index in [4.69, 9.17) is 5.73 Å². The molecule has 2 unspecified atom stereocenters. The van der Waals surface area contributed by atoms with Gasteiger partial charge in [0.2, 0.25) is 0 Å². The second-order valence-corrected chi connectivity index (χ2v) is 2.93. The molecule has 0 spiro atoms. The molecule has 0 fully saturated rings. The molecule has 0 aromatic heterocycles. The Morgan fingerprint density at radius 3 is 3.27 bits per heavy atom. The molecule has 0 amide bonds. The highest BCUT2D eigenvalue weighted by Crippen LogP contribution is 2.22. The molecule has 0 saturated carbocycles. The van der Waals surface area contributed by atoms with Gasteiger partial charge in [-0.1, -0.05) is 6.08 Å². The van der Waals surface area contributed by atoms with Crippen molar-refractivity contribution in [2.75, 3.05) is 7.05 Å². The maximum absolute atomic E-state index is 5.64. The van der Waals surface area contributed by atoms with Crippen LogP contribution in [0.5, 0.6) is 0 Å². The summed E-state index contributed by atoms with van der Waals surface area (Å²) in [5.74, 6) is 0.423. The fourth-order valence-electron chi connectivity index (χ4n) is 1.45. The summed E-state index contributed by atoms with van der Waals surface area (Å²) in [6.07, 6.45) is 8.02. The Morgan fingerprint density at radius 1 is 1.64 bits per heavy atom. The summed E-state index contributed by atoms with van der Waals surface area (Å²) >= 11 is 0. The molecule has 11 heavy (non-hydrogen) atoms. The van der Waals surface area contributed by atoms with E-state index in [0.29, 0.717) is 12.0 Å². The molecule has 58 valence electrons. The topological polar surface area (TPSA) is 41.6 Å². The van der Waals surface area contributed by atoms with Crippen molar-refractivity contribution in [2.45, 2.75) is 6.04 Å². The molecule has 1 aliphatic heterocycles. The third kappa shape index (κ3) is 0.926. The van der Waals surface area contributed by atoms with E-state index in [1.807, 2.05) is 30.4 Å². The summed E-state index contributed by atoms with van der Waals surface area (Å²) in [6.45, 7) is 0. The first-order chi connectivity index (χ1) is 5.27. The molecule has 2 N–H and O–H groups in total. The first kappa shape index (κ1) is 6.46. The highest BCUT2D eigenvalue weighted by atomic mass is 15.5. The van der Waals surface area contributed by atoms with E-state index in [2.05, 4.69) is 11.2 Å². The van der Waals surface area contributed by atoms with Crippen LogP contribution in [0.1, 0.15) is 0 Å². The van der Waals surface area contributed by atoms with Crippen molar-refractivity contribution in [3.8, 4) is 0 Å². The average molecular weight is 149 g/mol. The normalized spacial score (nSPS) is 33.9. The first-order valence-electron chi connectivity index (χ1n) is 3.70. The van der Waals surface area contributed by atoms with Gasteiger partial charge < -0.3 is 5.73 Å². The Hall–Kier alpha value is -1.25. The van der Waals surface area contributed by atoms with Gasteiger partial charge in [-0.05, 0) is 12.2 Å². The van der Waals surface area contributed by atoms with E-state index in [9.17, 15) is 0 Å². The first-order valence-corrected chi connectivity index (χ1v) is 3.70. The predicted octanol–water partition coefficient (Wildman–Crippen LogP) is 0.315. The quantitative estimate of drug-likeness (QED) is 0.538. The molecule has 0 aromatic carbocycles. The molecule has 2 atom stereocenters. The van der Waals surface area contributed by atoms with Crippen LogP contribution in [0.2, 0.25) is 0 Å². The number of allylic oxidation sites excluding steroid dienone is 1. The molecule has 0 aromatic rings. The Bertz CT molecular complexity index is 252. The van der Waals surface area contributed by atoms with E-state index in [-0.39, 0.29) is 0 Å². The molecular weight excluding hydrogens is 138 g/mol. The Morgan fingerprint density at radius 2 is 2.45 bits per heavy atom. The van der Waals surface area contributed by atoms with Crippen LogP contribution in [0.15, 0.2) is 29.0 Å². The minimum atomic E-state index is 0.347. The minimum absolute atomic E-state index is 0.347. The number of hydrogen-bond donors (Lipinski definition) is 1. The third-order valence-electron chi connectivity index (χ3n) is 2.12. The summed E-state index contributed by atoms with van der Waals surface area (Å²) in [7, 11) is 1.96. The Balaban J connectivity index is 2.27. The summed E-state index contributed by atoms with van der Waals surface area (Å²) in [6, 6.07) is 0.347. The molecule has 2 rings (SSSR count). The number of nitrogens with zero attached hydrogens (tertiary/aromatic N) is 2. The van der Waals surface area contributed by atoms with Crippen LogP contribution in [0.4, 0.5) is 0 Å². The van der Waals surface area contributed by atoms with Crippen molar-refractivity contribution in [1.82, 2.24) is 5.01 Å². The van der Waals surface area contributed by atoms with Crippen molar-refractivity contribution >= 4 is 6.21 Å². The summed E-state index contributed by atoms with van der Waals surface area (Å²) in [5.41, 5.74) is 6.48. The predicted molar refractivity (Wildman–Crippen MR) is 44.9 cm³/mol. The second kappa shape index (κ2) is 2.12. The molecular formula is C8H11N3. The monoisotopic (exact) mass is 149 g/mol. The molecule has 3 nitrogen and oxygen atoms in total. The van der Waals surface area contributed by atoms with Crippen LogP contribution in [0.25, 0.3) is 0 Å². The fraction of sp³-hybridized carbons (Fsp3) is 0.375. The number of hydrogen-bond acceptors (Lipinski definition) is 3. The zero-order valence-electron chi connectivity index (χ0n) is 6.44. The fourth-order valence-corrected chi connectivity index (χ4v) is 1.45. The molecule has 0 radical (unpaired) electrons. The molecule has 0 saturated heterocycles. The van der Waals surface area contributed by atoms with Crippen molar-refractivity contribution < 1.29 is 0 Å². The average Bonchev–Trinajstić information content (AvgIpc) is 2.33. The van der Waals surface area contributed by atoms with E-state index >= 15 is 0 Å². The van der Waals surface area contributed by atoms with Crippen molar-refractivity contribution in [3.05, 3.63) is 23.9 Å². The van der Waals surface area contributed by atoms with Gasteiger partial charge in [0, 0.05) is 24.9 Å². The van der Waals surface area contributed by atoms with Crippen LogP contribution in [0, 0.1) is 5.92 Å². The minimum Gasteiger partial charge on any atom is -0.399 e. The number of fused-ring (bicyclic) bond motifs is 1. The van der Waals surface area contributed by atoms with E-state index in [0.717, 1.165) is 5.70 Å². The van der Waals surface area contributed by atoms with Gasteiger partial charge in [0.15, 0.2) is 0 Å². The zero-order valence-corrected chi connectivity index (χ0v) is 6.44. The maximum Gasteiger partial charge on any atom is 0.0783 e. The van der Waals surface area contributed by atoms with Crippen LogP contribution < -0.4 is 5.73 Å². The lowest BCUT2D eigenvalue weighted by molar-refractivity contribution is 0.306. The van der Waals surface area contributed by atoms with Crippen LogP contribution >= 0.6 is 0 Å². The van der Waals surface area contributed by atoms with Gasteiger partial charge in [0.1, 0.15) is 0 Å². The van der Waals surface area contributed by atoms with Crippen LogP contribution in [0.3, 0.4) is 0 Å². The molecule has 3 heteroatoms. The molecule has 1 heterocycles. The van der Waals surface area contributed by atoms with Crippen LogP contribution in [-0.2, 0) is 0 Å². The van der Waals surface area contributed by atoms with Crippen LogP contribution in [-0.4, -0.2) is 24.3 Å². The number of likely N-dealkylation sites (N-methyl/N-ethyl adjacent to an activating group) is 1. The summed E-state index contributed by atoms with van der Waals surface area (Å²) < 4.78 is 0. The Kier molecular flexibility index (Phi) is 1.24. The standard InChI is InChI=1S/C8H11N3/c1-11-8-4-7(9)3-2-6(8)5-10-11/h2-6,8H,9H2,1H3. The lowest BCUT2D eigenvalue weighted by Gasteiger charge is -2.22. The van der Waals surface area contributed by atoms with E-state index in [1.165, 1.54) is 0 Å². The third-order valence-corrected chi connectivity index (χ3v) is 2.12. The number of hydrazone groups is 1. The maximum atomic E-state index is 5.64. The zero-order chi connectivity index (χ0) is 7.84. The SMILES string of the molecule is CN1N=CC2C=CC(N)=CC21. The van der Waals surface area contributed by atoms with Crippen molar-refractivity contribution in [3.63, 3.8) is 0 Å². The smallest absolute Gasteiger partial charge is 0.0783 e. The summed E-state index contributed by atoms with van der Waals surface area (Å²) in [4.78, 5) is 0. The molecule has 0 bridgehead atoms. The highest BCUT2D eigenvalue weighted by Gasteiger charge is 2.26. The Labute approximate surface area is 65.9 Å². The number of nitrogens with two attached hydrogens (primary N) is 1. The van der Waals surface area contributed by atoms with Gasteiger partial charge in [-0.2, -0.15) is 5.10 Å². The second-order valence-electron chi connectivity index (χ2n) is 2.93. The van der Waals surface area contributed by atoms with Gasteiger partial charge in [-0.3, -0.25) is 5.01 Å². The largest absolute Gasteiger partial charge is 0.399 e. The van der Waals surface area contributed by atoms with Gasteiger partial charge in [0.05, 0.1) is 6.04 Å². The van der Waals surface area contributed by atoms with Crippen molar-refractivity contribution in [2.24, 2.45) is 16.8 Å². The van der Waals surface area contributed by atoms with Gasteiger partial charge in [-0.15, -0.1) is 0 Å². The van der Waals surface area contributed by atoms with E-state index < -0.39 is 0 Å².